The Morgan fingerprint density at radius 1 is 1.19 bits per heavy atom. The van der Waals surface area contributed by atoms with Crippen LogP contribution < -0.4 is 10.2 Å². The van der Waals surface area contributed by atoms with Crippen LogP contribution in [-0.4, -0.2) is 38.4 Å². The Kier molecular flexibility index (Phi) is 5.33. The molecule has 8 heteroatoms. The number of nitrogens with one attached hydrogen (secondary N) is 1. The van der Waals surface area contributed by atoms with E-state index in [0.29, 0.717) is 17.9 Å². The molecule has 8 nitrogen and oxygen atoms in total. The number of carbonyl (C=O) groups excluding carboxylic acids is 1. The van der Waals surface area contributed by atoms with Crippen molar-refractivity contribution in [2.45, 2.75) is 13.8 Å². The van der Waals surface area contributed by atoms with E-state index in [1.807, 2.05) is 38.1 Å². The van der Waals surface area contributed by atoms with E-state index >= 15 is 0 Å². The van der Waals surface area contributed by atoms with Crippen molar-refractivity contribution in [3.63, 3.8) is 0 Å². The summed E-state index contributed by atoms with van der Waals surface area (Å²) < 4.78 is 6.91. The normalized spacial score (nSPS) is 11.2. The minimum atomic E-state index is -0.288. The van der Waals surface area contributed by atoms with Crippen LogP contribution in [0.1, 0.15) is 29.8 Å². The van der Waals surface area contributed by atoms with Crippen molar-refractivity contribution in [3.8, 4) is 11.4 Å². The van der Waals surface area contributed by atoms with Crippen LogP contribution in [0.15, 0.2) is 60.0 Å². The second-order valence-corrected chi connectivity index (χ2v) is 5.40. The summed E-state index contributed by atoms with van der Waals surface area (Å²) in [7, 11) is 0. The fourth-order valence-electron chi connectivity index (χ4n) is 2.29. The lowest BCUT2D eigenvalue weighted by Gasteiger charge is -2.06. The number of benzene rings is 2. The van der Waals surface area contributed by atoms with Crippen molar-refractivity contribution in [2.24, 2.45) is 5.10 Å². The lowest BCUT2D eigenvalue weighted by Crippen LogP contribution is -2.19. The van der Waals surface area contributed by atoms with E-state index in [2.05, 4.69) is 26.1 Å². The molecule has 1 N–H and O–H groups in total. The van der Waals surface area contributed by atoms with Gasteiger partial charge in [-0.25, -0.2) is 10.1 Å². The molecular weight excluding hydrogens is 332 g/mol. The third kappa shape index (κ3) is 4.10. The molecule has 1 heterocycles. The predicted molar refractivity (Wildman–Crippen MR) is 96.4 cm³/mol. The minimum Gasteiger partial charge on any atom is -0.494 e. The number of aromatic nitrogens is 4. The average molecular weight is 350 g/mol. The van der Waals surface area contributed by atoms with Gasteiger partial charge in [0.1, 0.15) is 12.1 Å². The van der Waals surface area contributed by atoms with E-state index < -0.39 is 0 Å². The fraction of sp³-hybridized carbons (Fsp3) is 0.167. The molecule has 0 saturated heterocycles. The van der Waals surface area contributed by atoms with E-state index in [9.17, 15) is 4.79 Å². The van der Waals surface area contributed by atoms with Gasteiger partial charge in [-0.15, -0.1) is 5.10 Å². The predicted octanol–water partition coefficient (Wildman–Crippen LogP) is 2.21. The number of tetrazole rings is 1. The number of hydrogen-bond donors (Lipinski definition) is 1. The molecule has 0 fully saturated rings. The van der Waals surface area contributed by atoms with E-state index in [4.69, 9.17) is 4.74 Å². The molecule has 0 radical (unpaired) electrons. The first kappa shape index (κ1) is 17.3. The van der Waals surface area contributed by atoms with Crippen LogP contribution in [0, 0.1) is 0 Å². The summed E-state index contributed by atoms with van der Waals surface area (Å²) in [6, 6.07) is 14.4. The van der Waals surface area contributed by atoms with Gasteiger partial charge in [0.25, 0.3) is 5.91 Å². The van der Waals surface area contributed by atoms with Gasteiger partial charge in [-0.3, -0.25) is 4.79 Å². The summed E-state index contributed by atoms with van der Waals surface area (Å²) in [5, 5.41) is 15.3. The summed E-state index contributed by atoms with van der Waals surface area (Å²) >= 11 is 0. The first-order chi connectivity index (χ1) is 12.7. The third-order valence-electron chi connectivity index (χ3n) is 3.63. The highest BCUT2D eigenvalue weighted by Crippen LogP contribution is 2.12. The van der Waals surface area contributed by atoms with Gasteiger partial charge in [0.2, 0.25) is 0 Å². The minimum absolute atomic E-state index is 0.288. The van der Waals surface area contributed by atoms with Crippen LogP contribution in [0.2, 0.25) is 0 Å². The lowest BCUT2D eigenvalue weighted by atomic mass is 10.1. The van der Waals surface area contributed by atoms with Gasteiger partial charge in [-0.1, -0.05) is 12.1 Å². The molecule has 0 aliphatic carbocycles. The Morgan fingerprint density at radius 3 is 2.69 bits per heavy atom. The zero-order valence-corrected chi connectivity index (χ0v) is 14.5. The molecule has 1 amide bonds. The molecule has 1 aromatic heterocycles. The maximum absolute atomic E-state index is 12.2. The number of rotatable bonds is 6. The summed E-state index contributed by atoms with van der Waals surface area (Å²) in [6.07, 6.45) is 1.51. The molecule has 3 rings (SSSR count). The lowest BCUT2D eigenvalue weighted by molar-refractivity contribution is 0.0955. The van der Waals surface area contributed by atoms with Crippen LogP contribution in [0.4, 0.5) is 0 Å². The quantitative estimate of drug-likeness (QED) is 0.543. The van der Waals surface area contributed by atoms with Gasteiger partial charge in [0, 0.05) is 5.56 Å². The zero-order valence-electron chi connectivity index (χ0n) is 14.5. The van der Waals surface area contributed by atoms with Crippen LogP contribution in [0.5, 0.6) is 5.75 Å². The maximum Gasteiger partial charge on any atom is 0.271 e. The highest BCUT2D eigenvalue weighted by molar-refractivity contribution is 6.01. The summed E-state index contributed by atoms with van der Waals surface area (Å²) in [6.45, 7) is 4.31. The Labute approximate surface area is 150 Å². The number of nitrogens with zero attached hydrogens (tertiary/aromatic N) is 5. The molecular formula is C18H18N6O2. The molecule has 132 valence electrons. The Hall–Kier alpha value is -3.55. The molecule has 0 aliphatic rings. The van der Waals surface area contributed by atoms with E-state index in [0.717, 1.165) is 17.0 Å². The maximum atomic E-state index is 12.2. The average Bonchev–Trinajstić information content (AvgIpc) is 3.22. The number of hydrogen-bond acceptors (Lipinski definition) is 6. The summed E-state index contributed by atoms with van der Waals surface area (Å²) in [5.41, 5.74) is 5.39. The van der Waals surface area contributed by atoms with Crippen molar-refractivity contribution < 1.29 is 9.53 Å². The van der Waals surface area contributed by atoms with E-state index in [1.54, 1.807) is 28.9 Å². The first-order valence-electron chi connectivity index (χ1n) is 8.08. The molecule has 26 heavy (non-hydrogen) atoms. The molecule has 0 bridgehead atoms. The zero-order chi connectivity index (χ0) is 18.4. The van der Waals surface area contributed by atoms with Crippen molar-refractivity contribution in [2.75, 3.05) is 6.61 Å². The largest absolute Gasteiger partial charge is 0.494 e. The van der Waals surface area contributed by atoms with Gasteiger partial charge in [-0.05, 0) is 66.2 Å². The van der Waals surface area contributed by atoms with Gasteiger partial charge >= 0.3 is 0 Å². The van der Waals surface area contributed by atoms with E-state index in [-0.39, 0.29) is 5.91 Å². The smallest absolute Gasteiger partial charge is 0.271 e. The Bertz CT molecular complexity index is 904. The topological polar surface area (TPSA) is 94.3 Å². The van der Waals surface area contributed by atoms with Crippen molar-refractivity contribution in [1.82, 2.24) is 25.6 Å². The third-order valence-corrected chi connectivity index (χ3v) is 3.63. The molecule has 0 unspecified atom stereocenters. The second-order valence-electron chi connectivity index (χ2n) is 5.40. The molecule has 0 atom stereocenters. The van der Waals surface area contributed by atoms with Crippen LogP contribution in [0.25, 0.3) is 5.69 Å². The summed E-state index contributed by atoms with van der Waals surface area (Å²) in [4.78, 5) is 12.2. The van der Waals surface area contributed by atoms with Crippen molar-refractivity contribution in [1.29, 1.82) is 0 Å². The van der Waals surface area contributed by atoms with E-state index in [1.165, 1.54) is 6.33 Å². The molecule has 0 aliphatic heterocycles. The van der Waals surface area contributed by atoms with Crippen LogP contribution >= 0.6 is 0 Å². The van der Waals surface area contributed by atoms with Crippen molar-refractivity contribution >= 4 is 11.6 Å². The highest BCUT2D eigenvalue weighted by atomic mass is 16.5. The van der Waals surface area contributed by atoms with Gasteiger partial charge in [0.05, 0.1) is 18.0 Å². The highest BCUT2D eigenvalue weighted by Gasteiger charge is 2.06. The van der Waals surface area contributed by atoms with Gasteiger partial charge in [0.15, 0.2) is 0 Å². The summed E-state index contributed by atoms with van der Waals surface area (Å²) in [5.74, 6) is 0.437. The number of ether oxygens (including phenoxy) is 1. The molecule has 3 aromatic rings. The number of carbonyl (C=O) groups is 1. The monoisotopic (exact) mass is 350 g/mol. The Balaban J connectivity index is 1.70. The molecule has 2 aromatic carbocycles. The van der Waals surface area contributed by atoms with Crippen molar-refractivity contribution in [3.05, 3.63) is 66.0 Å². The number of amides is 1. The van der Waals surface area contributed by atoms with Crippen LogP contribution in [0.3, 0.4) is 0 Å². The molecule has 0 spiro atoms. The standard InChI is InChI=1S/C18H18N6O2/c1-3-26-17-9-7-14(8-10-17)18(25)21-20-13(2)15-5-4-6-16(11-15)24-12-19-22-23-24/h4-12H,3H2,1-2H3,(H,21,25)/b20-13-. The SMILES string of the molecule is CCOc1ccc(C(=O)N/N=C(/C)c2cccc(-n3cnnn3)c2)cc1. The van der Waals surface area contributed by atoms with Gasteiger partial charge < -0.3 is 4.74 Å². The Morgan fingerprint density at radius 2 is 2.00 bits per heavy atom. The fourth-order valence-corrected chi connectivity index (χ4v) is 2.29. The van der Waals surface area contributed by atoms with Crippen LogP contribution in [-0.2, 0) is 0 Å². The molecule has 0 saturated carbocycles. The van der Waals surface area contributed by atoms with Gasteiger partial charge in [-0.2, -0.15) is 5.10 Å². The first-order valence-corrected chi connectivity index (χ1v) is 8.08. The number of hydrazone groups is 1. The second kappa shape index (κ2) is 8.02.